The summed E-state index contributed by atoms with van der Waals surface area (Å²) in [5, 5.41) is 4.04. The highest BCUT2D eigenvalue weighted by molar-refractivity contribution is 14.1. The van der Waals surface area contributed by atoms with Crippen LogP contribution in [0.25, 0.3) is 5.69 Å². The van der Waals surface area contributed by atoms with Crippen LogP contribution in [0.2, 0.25) is 0 Å². The first-order valence-corrected chi connectivity index (χ1v) is 5.56. The molecule has 0 saturated carbocycles. The molecule has 1 aromatic heterocycles. The van der Waals surface area contributed by atoms with Crippen LogP contribution in [0.15, 0.2) is 30.5 Å². The fraction of sp³-hybridized carbons (Fsp3) is 0. The number of carbonyl (C=O) groups is 1. The van der Waals surface area contributed by atoms with E-state index in [2.05, 4.69) is 27.7 Å². The van der Waals surface area contributed by atoms with E-state index in [-0.39, 0.29) is 11.4 Å². The molecule has 0 spiro atoms. The lowest BCUT2D eigenvalue weighted by molar-refractivity contribution is 0.100. The lowest BCUT2D eigenvalue weighted by Crippen LogP contribution is -2.13. The highest BCUT2D eigenvalue weighted by Crippen LogP contribution is 2.18. The Morgan fingerprint density at radius 3 is 2.75 bits per heavy atom. The van der Waals surface area contributed by atoms with Gasteiger partial charge in [0.05, 0.1) is 11.9 Å². The lowest BCUT2D eigenvalue weighted by atomic mass is 10.3. The van der Waals surface area contributed by atoms with Crippen LogP contribution in [0, 0.1) is 3.57 Å². The third-order valence-electron chi connectivity index (χ3n) is 2.12. The molecule has 1 aromatic carbocycles. The van der Waals surface area contributed by atoms with Gasteiger partial charge in [-0.25, -0.2) is 4.68 Å². The summed E-state index contributed by atoms with van der Waals surface area (Å²) >= 11 is 2.19. The number of hydrogen-bond acceptors (Lipinski definition) is 3. The Morgan fingerprint density at radius 2 is 2.19 bits per heavy atom. The van der Waals surface area contributed by atoms with Gasteiger partial charge in [-0.1, -0.05) is 6.07 Å². The van der Waals surface area contributed by atoms with Crippen molar-refractivity contribution >= 4 is 34.3 Å². The van der Waals surface area contributed by atoms with Crippen molar-refractivity contribution in [2.45, 2.75) is 0 Å². The minimum Gasteiger partial charge on any atom is -0.383 e. The molecule has 2 rings (SSSR count). The van der Waals surface area contributed by atoms with Crippen LogP contribution in [0.1, 0.15) is 10.4 Å². The molecule has 5 nitrogen and oxygen atoms in total. The minimum absolute atomic E-state index is 0.235. The van der Waals surface area contributed by atoms with Crippen LogP contribution in [0.5, 0.6) is 0 Å². The van der Waals surface area contributed by atoms with Crippen molar-refractivity contribution in [2.24, 2.45) is 5.73 Å². The first-order chi connectivity index (χ1) is 7.59. The average Bonchev–Trinajstić information content (AvgIpc) is 2.60. The average molecular weight is 328 g/mol. The molecular weight excluding hydrogens is 319 g/mol. The smallest absolute Gasteiger partial charge is 0.254 e. The Kier molecular flexibility index (Phi) is 2.82. The molecular formula is C10H9IN4O. The first kappa shape index (κ1) is 10.9. The maximum Gasteiger partial charge on any atom is 0.254 e. The van der Waals surface area contributed by atoms with E-state index in [0.29, 0.717) is 0 Å². The molecule has 0 aliphatic carbocycles. The van der Waals surface area contributed by atoms with Crippen molar-refractivity contribution in [3.05, 3.63) is 39.6 Å². The highest BCUT2D eigenvalue weighted by Gasteiger charge is 2.12. The monoisotopic (exact) mass is 328 g/mol. The summed E-state index contributed by atoms with van der Waals surface area (Å²) in [6, 6.07) is 7.62. The van der Waals surface area contributed by atoms with Crippen molar-refractivity contribution in [1.82, 2.24) is 9.78 Å². The van der Waals surface area contributed by atoms with Crippen LogP contribution >= 0.6 is 22.6 Å². The van der Waals surface area contributed by atoms with E-state index in [9.17, 15) is 4.79 Å². The van der Waals surface area contributed by atoms with Crippen LogP contribution in [-0.4, -0.2) is 15.7 Å². The third kappa shape index (κ3) is 1.87. The van der Waals surface area contributed by atoms with E-state index in [4.69, 9.17) is 11.5 Å². The Balaban J connectivity index is 2.53. The van der Waals surface area contributed by atoms with Gasteiger partial charge in [0, 0.05) is 3.57 Å². The molecule has 0 radical (unpaired) electrons. The number of nitrogen functional groups attached to an aromatic ring is 1. The van der Waals surface area contributed by atoms with Gasteiger partial charge >= 0.3 is 0 Å². The topological polar surface area (TPSA) is 86.9 Å². The van der Waals surface area contributed by atoms with E-state index < -0.39 is 5.91 Å². The zero-order valence-corrected chi connectivity index (χ0v) is 10.4. The van der Waals surface area contributed by atoms with Gasteiger partial charge in [0.1, 0.15) is 11.4 Å². The summed E-state index contributed by atoms with van der Waals surface area (Å²) < 4.78 is 2.55. The van der Waals surface area contributed by atoms with E-state index in [1.807, 2.05) is 24.3 Å². The van der Waals surface area contributed by atoms with Gasteiger partial charge in [0.2, 0.25) is 0 Å². The molecule has 0 saturated heterocycles. The number of benzene rings is 1. The third-order valence-corrected chi connectivity index (χ3v) is 2.80. The Labute approximate surface area is 106 Å². The molecule has 82 valence electrons. The molecule has 2 aromatic rings. The molecule has 0 fully saturated rings. The van der Waals surface area contributed by atoms with Gasteiger partial charge in [0.15, 0.2) is 0 Å². The van der Waals surface area contributed by atoms with Gasteiger partial charge in [-0.15, -0.1) is 0 Å². The second-order valence-corrected chi connectivity index (χ2v) is 4.45. The Hall–Kier alpha value is -1.57. The second kappa shape index (κ2) is 4.12. The Bertz CT molecular complexity index is 550. The molecule has 0 atom stereocenters. The van der Waals surface area contributed by atoms with E-state index in [1.54, 1.807) is 0 Å². The molecule has 0 aliphatic heterocycles. The number of nitrogens with zero attached hydrogens (tertiary/aromatic N) is 2. The quantitative estimate of drug-likeness (QED) is 0.811. The summed E-state index contributed by atoms with van der Waals surface area (Å²) in [7, 11) is 0. The van der Waals surface area contributed by atoms with Crippen LogP contribution in [0.4, 0.5) is 5.82 Å². The summed E-state index contributed by atoms with van der Waals surface area (Å²) in [5.74, 6) is -0.316. The molecule has 0 aliphatic rings. The largest absolute Gasteiger partial charge is 0.383 e. The maximum absolute atomic E-state index is 11.0. The van der Waals surface area contributed by atoms with E-state index in [0.717, 1.165) is 9.26 Å². The number of nitrogens with two attached hydrogens (primary N) is 2. The standard InChI is InChI=1S/C10H9IN4O/c11-6-2-1-3-7(4-6)15-9(12)8(5-14-15)10(13)16/h1-5H,12H2,(H2,13,16). The molecule has 4 N–H and O–H groups in total. The summed E-state index contributed by atoms with van der Waals surface area (Å²) in [5.41, 5.74) is 12.0. The van der Waals surface area contributed by atoms with Crippen LogP contribution in [0.3, 0.4) is 0 Å². The summed E-state index contributed by atoms with van der Waals surface area (Å²) in [6.07, 6.45) is 1.37. The van der Waals surface area contributed by atoms with Crippen molar-refractivity contribution in [2.75, 3.05) is 5.73 Å². The number of carbonyl (C=O) groups excluding carboxylic acids is 1. The Morgan fingerprint density at radius 1 is 1.44 bits per heavy atom. The minimum atomic E-state index is -0.575. The SMILES string of the molecule is NC(=O)c1cnn(-c2cccc(I)c2)c1N. The molecule has 0 bridgehead atoms. The number of hydrogen-bond donors (Lipinski definition) is 2. The number of aromatic nitrogens is 2. The van der Waals surface area contributed by atoms with Crippen LogP contribution in [-0.2, 0) is 0 Å². The number of halogens is 1. The van der Waals surface area contributed by atoms with Gasteiger partial charge in [-0.05, 0) is 40.8 Å². The number of anilines is 1. The normalized spacial score (nSPS) is 10.3. The molecule has 6 heteroatoms. The van der Waals surface area contributed by atoms with Gasteiger partial charge in [0.25, 0.3) is 5.91 Å². The fourth-order valence-electron chi connectivity index (χ4n) is 1.36. The van der Waals surface area contributed by atoms with Crippen molar-refractivity contribution in [1.29, 1.82) is 0 Å². The van der Waals surface area contributed by atoms with E-state index >= 15 is 0 Å². The van der Waals surface area contributed by atoms with Gasteiger partial charge < -0.3 is 11.5 Å². The zero-order valence-electron chi connectivity index (χ0n) is 8.22. The molecule has 1 heterocycles. The van der Waals surface area contributed by atoms with Gasteiger partial charge in [-0.2, -0.15) is 5.10 Å². The summed E-state index contributed by atoms with van der Waals surface area (Å²) in [6.45, 7) is 0. The van der Waals surface area contributed by atoms with Crippen molar-refractivity contribution < 1.29 is 4.79 Å². The molecule has 1 amide bonds. The number of rotatable bonds is 2. The highest BCUT2D eigenvalue weighted by atomic mass is 127. The predicted molar refractivity (Wildman–Crippen MR) is 69.2 cm³/mol. The lowest BCUT2D eigenvalue weighted by Gasteiger charge is -2.04. The first-order valence-electron chi connectivity index (χ1n) is 4.49. The fourth-order valence-corrected chi connectivity index (χ4v) is 1.89. The second-order valence-electron chi connectivity index (χ2n) is 3.20. The van der Waals surface area contributed by atoms with Gasteiger partial charge in [-0.3, -0.25) is 4.79 Å². The van der Waals surface area contributed by atoms with E-state index in [1.165, 1.54) is 10.9 Å². The predicted octanol–water partition coefficient (Wildman–Crippen LogP) is 1.16. The van der Waals surface area contributed by atoms with Crippen molar-refractivity contribution in [3.63, 3.8) is 0 Å². The van der Waals surface area contributed by atoms with Crippen molar-refractivity contribution in [3.8, 4) is 5.69 Å². The number of amides is 1. The maximum atomic E-state index is 11.0. The summed E-state index contributed by atoms with van der Waals surface area (Å²) in [4.78, 5) is 11.0. The molecule has 16 heavy (non-hydrogen) atoms. The number of primary amides is 1. The molecule has 0 unspecified atom stereocenters. The van der Waals surface area contributed by atoms with Crippen LogP contribution < -0.4 is 11.5 Å². The zero-order chi connectivity index (χ0) is 11.7.